The molecule has 0 spiro atoms. The number of hydrogen-bond acceptors (Lipinski definition) is 1. The van der Waals surface area contributed by atoms with Crippen molar-refractivity contribution in [3.63, 3.8) is 0 Å². The van der Waals surface area contributed by atoms with Crippen LogP contribution in [0.5, 0.6) is 0 Å². The quantitative estimate of drug-likeness (QED) is 0.539. The summed E-state index contributed by atoms with van der Waals surface area (Å²) in [5.41, 5.74) is 0.355. The molecule has 2 atom stereocenters. The van der Waals surface area contributed by atoms with Crippen LogP contribution in [0.3, 0.4) is 0 Å². The Morgan fingerprint density at radius 1 is 1.08 bits per heavy atom. The first-order valence-corrected chi connectivity index (χ1v) is 5.18. The summed E-state index contributed by atoms with van der Waals surface area (Å²) in [4.78, 5) is 2.64. The Balaban J connectivity index is 2.61. The van der Waals surface area contributed by atoms with Gasteiger partial charge in [-0.1, -0.05) is 6.92 Å². The van der Waals surface area contributed by atoms with Crippen LogP contribution in [0.2, 0.25) is 0 Å². The molecular formula is C11H23N. The van der Waals surface area contributed by atoms with Gasteiger partial charge in [-0.2, -0.15) is 0 Å². The fourth-order valence-corrected chi connectivity index (χ4v) is 2.22. The van der Waals surface area contributed by atoms with Crippen LogP contribution in [-0.4, -0.2) is 23.0 Å². The Morgan fingerprint density at radius 3 is 2.08 bits per heavy atom. The van der Waals surface area contributed by atoms with Gasteiger partial charge in [-0.15, -0.1) is 0 Å². The van der Waals surface area contributed by atoms with Crippen LogP contribution in [0.1, 0.15) is 47.5 Å². The summed E-state index contributed by atoms with van der Waals surface area (Å²) in [6.07, 6.45) is 2.78. The van der Waals surface area contributed by atoms with Crippen LogP contribution in [0.25, 0.3) is 0 Å². The highest BCUT2D eigenvalue weighted by molar-refractivity contribution is 4.85. The predicted molar refractivity (Wildman–Crippen MR) is 54.3 cm³/mol. The van der Waals surface area contributed by atoms with Gasteiger partial charge in [0, 0.05) is 18.1 Å². The van der Waals surface area contributed by atoms with Crippen molar-refractivity contribution >= 4 is 0 Å². The van der Waals surface area contributed by atoms with Gasteiger partial charge in [-0.3, -0.25) is 4.90 Å². The van der Waals surface area contributed by atoms with Crippen LogP contribution in [0.4, 0.5) is 0 Å². The third kappa shape index (κ3) is 2.22. The van der Waals surface area contributed by atoms with Crippen molar-refractivity contribution in [2.45, 2.75) is 59.0 Å². The number of likely N-dealkylation sites (tertiary alicyclic amines) is 1. The summed E-state index contributed by atoms with van der Waals surface area (Å²) in [7, 11) is 0. The highest BCUT2D eigenvalue weighted by atomic mass is 15.2. The average molecular weight is 169 g/mol. The molecule has 0 bridgehead atoms. The van der Waals surface area contributed by atoms with Crippen LogP contribution in [0, 0.1) is 5.92 Å². The summed E-state index contributed by atoms with van der Waals surface area (Å²) in [5, 5.41) is 0. The molecule has 0 saturated carbocycles. The second-order valence-corrected chi connectivity index (χ2v) is 5.35. The van der Waals surface area contributed by atoms with Gasteiger partial charge in [0.25, 0.3) is 0 Å². The minimum atomic E-state index is 0.355. The van der Waals surface area contributed by atoms with E-state index in [0.717, 1.165) is 12.0 Å². The molecule has 0 aromatic heterocycles. The van der Waals surface area contributed by atoms with E-state index in [1.165, 1.54) is 19.4 Å². The van der Waals surface area contributed by atoms with Gasteiger partial charge in [0.15, 0.2) is 0 Å². The van der Waals surface area contributed by atoms with E-state index in [4.69, 9.17) is 0 Å². The summed E-state index contributed by atoms with van der Waals surface area (Å²) in [6, 6.07) is 0.779. The van der Waals surface area contributed by atoms with Crippen molar-refractivity contribution in [1.82, 2.24) is 4.90 Å². The van der Waals surface area contributed by atoms with Gasteiger partial charge in [-0.05, 0) is 46.5 Å². The molecule has 0 radical (unpaired) electrons. The van der Waals surface area contributed by atoms with Gasteiger partial charge in [-0.25, -0.2) is 0 Å². The average Bonchev–Trinajstić information content (AvgIpc) is 1.92. The summed E-state index contributed by atoms with van der Waals surface area (Å²) >= 11 is 0. The SMILES string of the molecule is C[C@@H]1CC[C@@H](C)N(C(C)(C)C)C1. The van der Waals surface area contributed by atoms with E-state index in [1.54, 1.807) is 0 Å². The van der Waals surface area contributed by atoms with Crippen LogP contribution < -0.4 is 0 Å². The summed E-state index contributed by atoms with van der Waals surface area (Å²) in [6.45, 7) is 13.0. The maximum absolute atomic E-state index is 2.64. The van der Waals surface area contributed by atoms with Crippen molar-refractivity contribution in [3.8, 4) is 0 Å². The zero-order valence-electron chi connectivity index (χ0n) is 9.22. The molecule has 72 valence electrons. The molecule has 0 aromatic carbocycles. The Bertz CT molecular complexity index is 146. The highest BCUT2D eigenvalue weighted by Gasteiger charge is 2.30. The van der Waals surface area contributed by atoms with Crippen LogP contribution in [0.15, 0.2) is 0 Å². The van der Waals surface area contributed by atoms with Gasteiger partial charge in [0.05, 0.1) is 0 Å². The Labute approximate surface area is 77.1 Å². The van der Waals surface area contributed by atoms with Gasteiger partial charge < -0.3 is 0 Å². The summed E-state index contributed by atoms with van der Waals surface area (Å²) in [5.74, 6) is 0.889. The molecule has 0 unspecified atom stereocenters. The molecule has 1 nitrogen and oxygen atoms in total. The molecule has 1 saturated heterocycles. The number of nitrogens with zero attached hydrogens (tertiary/aromatic N) is 1. The Kier molecular flexibility index (Phi) is 2.82. The molecule has 0 N–H and O–H groups in total. The largest absolute Gasteiger partial charge is 0.296 e. The third-order valence-corrected chi connectivity index (χ3v) is 2.98. The van der Waals surface area contributed by atoms with E-state index in [2.05, 4.69) is 39.5 Å². The van der Waals surface area contributed by atoms with Crippen molar-refractivity contribution in [2.24, 2.45) is 5.92 Å². The van der Waals surface area contributed by atoms with E-state index < -0.39 is 0 Å². The number of piperidine rings is 1. The topological polar surface area (TPSA) is 3.24 Å². The second kappa shape index (κ2) is 3.37. The maximum atomic E-state index is 2.64. The molecule has 1 aliphatic rings. The lowest BCUT2D eigenvalue weighted by Crippen LogP contribution is -2.51. The molecule has 0 aliphatic carbocycles. The van der Waals surface area contributed by atoms with Gasteiger partial charge >= 0.3 is 0 Å². The molecule has 1 aliphatic heterocycles. The number of hydrogen-bond donors (Lipinski definition) is 0. The molecule has 0 aromatic rings. The minimum absolute atomic E-state index is 0.355. The molecule has 12 heavy (non-hydrogen) atoms. The molecule has 0 amide bonds. The van der Waals surface area contributed by atoms with E-state index >= 15 is 0 Å². The molecule has 1 heteroatoms. The molecule has 1 rings (SSSR count). The van der Waals surface area contributed by atoms with E-state index in [-0.39, 0.29) is 0 Å². The van der Waals surface area contributed by atoms with Crippen molar-refractivity contribution in [3.05, 3.63) is 0 Å². The molecule has 1 fully saturated rings. The van der Waals surface area contributed by atoms with Gasteiger partial charge in [0.2, 0.25) is 0 Å². The maximum Gasteiger partial charge on any atom is 0.0127 e. The lowest BCUT2D eigenvalue weighted by atomic mass is 9.90. The second-order valence-electron chi connectivity index (χ2n) is 5.35. The molecule has 1 heterocycles. The predicted octanol–water partition coefficient (Wildman–Crippen LogP) is 2.91. The monoisotopic (exact) mass is 169 g/mol. The lowest BCUT2D eigenvalue weighted by Gasteiger charge is -2.45. The van der Waals surface area contributed by atoms with E-state index in [9.17, 15) is 0 Å². The Morgan fingerprint density at radius 2 is 1.67 bits per heavy atom. The fourth-order valence-electron chi connectivity index (χ4n) is 2.22. The van der Waals surface area contributed by atoms with Crippen LogP contribution >= 0.6 is 0 Å². The summed E-state index contributed by atoms with van der Waals surface area (Å²) < 4.78 is 0. The fraction of sp³-hybridized carbons (Fsp3) is 1.00. The van der Waals surface area contributed by atoms with Crippen LogP contribution in [-0.2, 0) is 0 Å². The minimum Gasteiger partial charge on any atom is -0.296 e. The Hall–Kier alpha value is -0.0400. The first-order chi connectivity index (χ1) is 5.41. The standard InChI is InChI=1S/C11H23N/c1-9-6-7-10(2)12(8-9)11(3,4)5/h9-10H,6-8H2,1-5H3/t9-,10-/m1/s1. The third-order valence-electron chi connectivity index (χ3n) is 2.98. The van der Waals surface area contributed by atoms with Gasteiger partial charge in [0.1, 0.15) is 0 Å². The zero-order chi connectivity index (χ0) is 9.35. The normalized spacial score (nSPS) is 33.8. The van der Waals surface area contributed by atoms with E-state index in [0.29, 0.717) is 5.54 Å². The first-order valence-electron chi connectivity index (χ1n) is 5.18. The lowest BCUT2D eigenvalue weighted by molar-refractivity contribution is 0.0378. The smallest absolute Gasteiger partial charge is 0.0127 e. The van der Waals surface area contributed by atoms with E-state index in [1.807, 2.05) is 0 Å². The van der Waals surface area contributed by atoms with Crippen molar-refractivity contribution in [1.29, 1.82) is 0 Å². The highest BCUT2D eigenvalue weighted by Crippen LogP contribution is 2.27. The van der Waals surface area contributed by atoms with Crippen molar-refractivity contribution in [2.75, 3.05) is 6.54 Å². The zero-order valence-corrected chi connectivity index (χ0v) is 9.22. The first kappa shape index (κ1) is 10.0. The molecular weight excluding hydrogens is 146 g/mol. The number of rotatable bonds is 0. The van der Waals surface area contributed by atoms with Crippen molar-refractivity contribution < 1.29 is 0 Å².